The van der Waals surface area contributed by atoms with Gasteiger partial charge in [0.15, 0.2) is 0 Å². The van der Waals surface area contributed by atoms with E-state index in [4.69, 9.17) is 4.98 Å². The molecule has 0 aliphatic carbocycles. The van der Waals surface area contributed by atoms with E-state index in [-0.39, 0.29) is 17.9 Å². The Morgan fingerprint density at radius 2 is 1.96 bits per heavy atom. The first-order chi connectivity index (χ1) is 12.7. The number of nitrogens with one attached hydrogen (secondary N) is 1. The Hall–Kier alpha value is -2.25. The number of piperazine rings is 1. The number of benzene rings is 1. The molecule has 6 nitrogen and oxygen atoms in total. The van der Waals surface area contributed by atoms with Crippen molar-refractivity contribution in [2.24, 2.45) is 0 Å². The smallest absolute Gasteiger partial charge is 0.245 e. The van der Waals surface area contributed by atoms with Crippen molar-refractivity contribution in [3.8, 4) is 11.3 Å². The lowest BCUT2D eigenvalue weighted by Crippen LogP contribution is -2.53. The van der Waals surface area contributed by atoms with E-state index in [2.05, 4.69) is 27.7 Å². The lowest BCUT2D eigenvalue weighted by Gasteiger charge is -2.35. The summed E-state index contributed by atoms with van der Waals surface area (Å²) in [5.74, 6) is 0.0519. The third kappa shape index (κ3) is 3.78. The molecular formula is C19H22N4O2S. The molecule has 2 aliphatic heterocycles. The molecule has 3 heterocycles. The van der Waals surface area contributed by atoms with Crippen molar-refractivity contribution in [2.75, 3.05) is 26.2 Å². The van der Waals surface area contributed by atoms with E-state index in [9.17, 15) is 9.59 Å². The van der Waals surface area contributed by atoms with Crippen LogP contribution in [0.1, 0.15) is 17.8 Å². The number of hydrogen-bond donors (Lipinski definition) is 1. The minimum absolute atomic E-state index is 0.0139. The summed E-state index contributed by atoms with van der Waals surface area (Å²) in [6.45, 7) is 3.92. The van der Waals surface area contributed by atoms with Crippen molar-refractivity contribution in [3.63, 3.8) is 0 Å². The standard InChI is InChI=1S/C19H22N4O2S/c24-17-7-6-15(20-17)19(25)23-10-8-22(9-11-23)12-18-21-16(13-26-18)14-4-2-1-3-5-14/h1-5,13,15H,6-12H2,(H,20,24). The summed E-state index contributed by atoms with van der Waals surface area (Å²) in [4.78, 5) is 32.7. The van der Waals surface area contributed by atoms with Gasteiger partial charge in [0.1, 0.15) is 11.0 Å². The lowest BCUT2D eigenvalue weighted by molar-refractivity contribution is -0.136. The molecule has 2 saturated heterocycles. The molecule has 0 bridgehead atoms. The summed E-state index contributed by atoms with van der Waals surface area (Å²) in [5.41, 5.74) is 2.17. The van der Waals surface area contributed by atoms with Gasteiger partial charge in [0.05, 0.1) is 12.2 Å². The van der Waals surface area contributed by atoms with Gasteiger partial charge in [0.2, 0.25) is 11.8 Å². The summed E-state index contributed by atoms with van der Waals surface area (Å²) in [5, 5.41) is 5.98. The van der Waals surface area contributed by atoms with E-state index >= 15 is 0 Å². The quantitative estimate of drug-likeness (QED) is 0.890. The molecular weight excluding hydrogens is 348 g/mol. The predicted molar refractivity (Wildman–Crippen MR) is 101 cm³/mol. The molecule has 1 unspecified atom stereocenters. The molecule has 0 spiro atoms. The van der Waals surface area contributed by atoms with Gasteiger partial charge in [-0.05, 0) is 6.42 Å². The van der Waals surface area contributed by atoms with Crippen LogP contribution >= 0.6 is 11.3 Å². The minimum Gasteiger partial charge on any atom is -0.344 e. The highest BCUT2D eigenvalue weighted by Crippen LogP contribution is 2.23. The molecule has 26 heavy (non-hydrogen) atoms. The van der Waals surface area contributed by atoms with E-state index in [0.717, 1.165) is 35.9 Å². The first kappa shape index (κ1) is 17.2. The van der Waals surface area contributed by atoms with Gasteiger partial charge in [-0.1, -0.05) is 30.3 Å². The Morgan fingerprint density at radius 1 is 1.19 bits per heavy atom. The average Bonchev–Trinajstić information content (AvgIpc) is 3.32. The van der Waals surface area contributed by atoms with Crippen LogP contribution < -0.4 is 5.32 Å². The lowest BCUT2D eigenvalue weighted by atomic mass is 10.2. The van der Waals surface area contributed by atoms with Crippen LogP contribution in [0.25, 0.3) is 11.3 Å². The van der Waals surface area contributed by atoms with E-state index in [1.165, 1.54) is 0 Å². The largest absolute Gasteiger partial charge is 0.344 e. The second kappa shape index (κ2) is 7.55. The monoisotopic (exact) mass is 370 g/mol. The number of nitrogens with zero attached hydrogens (tertiary/aromatic N) is 3. The van der Waals surface area contributed by atoms with Crippen molar-refractivity contribution < 1.29 is 9.59 Å². The maximum Gasteiger partial charge on any atom is 0.245 e. The molecule has 0 saturated carbocycles. The summed E-state index contributed by atoms with van der Waals surface area (Å²) in [6.07, 6.45) is 1.09. The Morgan fingerprint density at radius 3 is 2.65 bits per heavy atom. The van der Waals surface area contributed by atoms with Crippen molar-refractivity contribution in [1.82, 2.24) is 20.1 Å². The topological polar surface area (TPSA) is 65.5 Å². The van der Waals surface area contributed by atoms with Crippen LogP contribution in [-0.4, -0.2) is 58.8 Å². The maximum absolute atomic E-state index is 12.5. The van der Waals surface area contributed by atoms with E-state index < -0.39 is 0 Å². The van der Waals surface area contributed by atoms with Gasteiger partial charge in [-0.15, -0.1) is 11.3 Å². The molecule has 136 valence electrons. The van der Waals surface area contributed by atoms with Gasteiger partial charge in [-0.25, -0.2) is 4.98 Å². The maximum atomic E-state index is 12.5. The van der Waals surface area contributed by atoms with E-state index in [1.54, 1.807) is 11.3 Å². The highest BCUT2D eigenvalue weighted by Gasteiger charge is 2.32. The van der Waals surface area contributed by atoms with Gasteiger partial charge in [-0.2, -0.15) is 0 Å². The predicted octanol–water partition coefficient (Wildman–Crippen LogP) is 1.73. The fraction of sp³-hybridized carbons (Fsp3) is 0.421. The average molecular weight is 370 g/mol. The first-order valence-electron chi connectivity index (χ1n) is 8.99. The van der Waals surface area contributed by atoms with Crippen molar-refractivity contribution in [1.29, 1.82) is 0 Å². The molecule has 2 fully saturated rings. The van der Waals surface area contributed by atoms with Gasteiger partial charge < -0.3 is 10.2 Å². The number of amides is 2. The second-order valence-electron chi connectivity index (χ2n) is 6.75. The van der Waals surface area contributed by atoms with Crippen molar-refractivity contribution in [3.05, 3.63) is 40.7 Å². The molecule has 1 atom stereocenters. The zero-order valence-electron chi connectivity index (χ0n) is 14.6. The van der Waals surface area contributed by atoms with E-state index in [1.807, 2.05) is 23.1 Å². The Bertz CT molecular complexity index is 784. The van der Waals surface area contributed by atoms with Crippen molar-refractivity contribution in [2.45, 2.75) is 25.4 Å². The molecule has 0 radical (unpaired) electrons. The molecule has 2 amide bonds. The Labute approximate surface area is 156 Å². The number of aromatic nitrogens is 1. The van der Waals surface area contributed by atoms with Gasteiger partial charge >= 0.3 is 0 Å². The molecule has 1 N–H and O–H groups in total. The SMILES string of the molecule is O=C1CCC(C(=O)N2CCN(Cc3nc(-c4ccccc4)cs3)CC2)N1. The van der Waals surface area contributed by atoms with Gasteiger partial charge in [0, 0.05) is 43.5 Å². The first-order valence-corrected chi connectivity index (χ1v) is 9.87. The van der Waals surface area contributed by atoms with E-state index in [0.29, 0.717) is 25.9 Å². The highest BCUT2D eigenvalue weighted by atomic mass is 32.1. The number of rotatable bonds is 4. The molecule has 2 aromatic rings. The van der Waals surface area contributed by atoms with Crippen LogP contribution in [0.15, 0.2) is 35.7 Å². The van der Waals surface area contributed by atoms with Crippen LogP contribution in [0.4, 0.5) is 0 Å². The second-order valence-corrected chi connectivity index (χ2v) is 7.70. The summed E-state index contributed by atoms with van der Waals surface area (Å²) in [7, 11) is 0. The third-order valence-electron chi connectivity index (χ3n) is 4.96. The van der Waals surface area contributed by atoms with Crippen LogP contribution in [-0.2, 0) is 16.1 Å². The van der Waals surface area contributed by atoms with Gasteiger partial charge in [0.25, 0.3) is 0 Å². The summed E-state index contributed by atoms with van der Waals surface area (Å²) >= 11 is 1.68. The fourth-order valence-electron chi connectivity index (χ4n) is 3.46. The normalized spacial score (nSPS) is 21.0. The molecule has 1 aromatic heterocycles. The zero-order valence-corrected chi connectivity index (χ0v) is 15.4. The highest BCUT2D eigenvalue weighted by molar-refractivity contribution is 7.09. The molecule has 2 aliphatic rings. The fourth-order valence-corrected chi connectivity index (χ4v) is 4.31. The zero-order chi connectivity index (χ0) is 17.9. The van der Waals surface area contributed by atoms with Crippen LogP contribution in [0.3, 0.4) is 0 Å². The Balaban J connectivity index is 1.30. The van der Waals surface area contributed by atoms with Gasteiger partial charge in [-0.3, -0.25) is 14.5 Å². The van der Waals surface area contributed by atoms with Crippen molar-refractivity contribution >= 4 is 23.2 Å². The number of carbonyl (C=O) groups excluding carboxylic acids is 2. The molecule has 1 aromatic carbocycles. The number of hydrogen-bond acceptors (Lipinski definition) is 5. The number of carbonyl (C=O) groups is 2. The van der Waals surface area contributed by atoms with Crippen LogP contribution in [0, 0.1) is 0 Å². The number of thiazole rings is 1. The molecule has 4 rings (SSSR count). The van der Waals surface area contributed by atoms with Crippen LogP contribution in [0.2, 0.25) is 0 Å². The summed E-state index contributed by atoms with van der Waals surface area (Å²) < 4.78 is 0. The van der Waals surface area contributed by atoms with Crippen LogP contribution in [0.5, 0.6) is 0 Å². The molecule has 7 heteroatoms. The minimum atomic E-state index is -0.318. The Kier molecular flexibility index (Phi) is 4.99. The third-order valence-corrected chi connectivity index (χ3v) is 5.79. The summed E-state index contributed by atoms with van der Waals surface area (Å²) in [6, 6.07) is 9.89.